The Morgan fingerprint density at radius 2 is 2.38 bits per heavy atom. The van der Waals surface area contributed by atoms with Crippen LogP contribution in [0, 0.1) is 6.92 Å². The number of hydrogen-bond donors (Lipinski definition) is 1. The standard InChI is InChI=1S/C15H19N3O3/c1-10-12(5-7-20-10)15(19)17-13-4-3-6-21-14(13)11-8-16-18(2)9-11/h5,7-9,13-14H,3-4,6H2,1-2H3,(H,17,19)/t13-,14+/m0/s1. The predicted molar refractivity (Wildman–Crippen MR) is 75.8 cm³/mol. The van der Waals surface area contributed by atoms with Crippen molar-refractivity contribution < 1.29 is 13.9 Å². The van der Waals surface area contributed by atoms with Gasteiger partial charge in [-0.2, -0.15) is 5.10 Å². The Bertz CT molecular complexity index is 632. The van der Waals surface area contributed by atoms with E-state index in [-0.39, 0.29) is 18.1 Å². The molecule has 0 bridgehead atoms. The van der Waals surface area contributed by atoms with Gasteiger partial charge in [0.2, 0.25) is 0 Å². The molecule has 0 aliphatic carbocycles. The number of carbonyl (C=O) groups excluding carboxylic acids is 1. The van der Waals surface area contributed by atoms with Crippen molar-refractivity contribution in [2.24, 2.45) is 7.05 Å². The molecule has 1 amide bonds. The summed E-state index contributed by atoms with van der Waals surface area (Å²) in [5.74, 6) is 0.507. The summed E-state index contributed by atoms with van der Waals surface area (Å²) in [7, 11) is 1.87. The second kappa shape index (κ2) is 5.73. The number of aryl methyl sites for hydroxylation is 2. The maximum Gasteiger partial charge on any atom is 0.255 e. The molecule has 3 rings (SSSR count). The van der Waals surface area contributed by atoms with Gasteiger partial charge in [0, 0.05) is 25.4 Å². The summed E-state index contributed by atoms with van der Waals surface area (Å²) in [6.45, 7) is 2.49. The Morgan fingerprint density at radius 3 is 3.05 bits per heavy atom. The number of nitrogens with zero attached hydrogens (tertiary/aromatic N) is 2. The third-order valence-corrected chi connectivity index (χ3v) is 3.80. The van der Waals surface area contributed by atoms with Crippen molar-refractivity contribution in [3.63, 3.8) is 0 Å². The Balaban J connectivity index is 1.76. The summed E-state index contributed by atoms with van der Waals surface area (Å²) in [5.41, 5.74) is 1.57. The molecule has 2 aromatic heterocycles. The molecular formula is C15H19N3O3. The minimum atomic E-state index is -0.149. The molecule has 6 nitrogen and oxygen atoms in total. The van der Waals surface area contributed by atoms with Gasteiger partial charge in [0.25, 0.3) is 5.91 Å². The zero-order chi connectivity index (χ0) is 14.8. The molecule has 1 saturated heterocycles. The molecule has 0 saturated carbocycles. The van der Waals surface area contributed by atoms with Crippen LogP contribution in [0.15, 0.2) is 29.1 Å². The first kappa shape index (κ1) is 13.9. The van der Waals surface area contributed by atoms with E-state index in [1.54, 1.807) is 23.9 Å². The van der Waals surface area contributed by atoms with Crippen LogP contribution in [0.3, 0.4) is 0 Å². The quantitative estimate of drug-likeness (QED) is 0.938. The van der Waals surface area contributed by atoms with E-state index in [0.717, 1.165) is 18.4 Å². The summed E-state index contributed by atoms with van der Waals surface area (Å²) in [6, 6.07) is 1.64. The van der Waals surface area contributed by atoms with Crippen LogP contribution in [0.4, 0.5) is 0 Å². The minimum absolute atomic E-state index is 0.0512. The number of furan rings is 1. The van der Waals surface area contributed by atoms with Crippen molar-refractivity contribution in [2.45, 2.75) is 31.9 Å². The average molecular weight is 289 g/mol. The van der Waals surface area contributed by atoms with Gasteiger partial charge in [-0.1, -0.05) is 0 Å². The normalized spacial score (nSPS) is 22.2. The van der Waals surface area contributed by atoms with Crippen molar-refractivity contribution in [3.8, 4) is 0 Å². The molecule has 2 aromatic rings. The van der Waals surface area contributed by atoms with Crippen LogP contribution in [-0.2, 0) is 11.8 Å². The molecule has 1 fully saturated rings. The third-order valence-electron chi connectivity index (χ3n) is 3.80. The first-order chi connectivity index (χ1) is 10.1. The molecule has 0 radical (unpaired) electrons. The lowest BCUT2D eigenvalue weighted by molar-refractivity contribution is -0.00951. The second-order valence-electron chi connectivity index (χ2n) is 5.35. The van der Waals surface area contributed by atoms with E-state index in [1.165, 1.54) is 6.26 Å². The molecule has 21 heavy (non-hydrogen) atoms. The minimum Gasteiger partial charge on any atom is -0.469 e. The highest BCUT2D eigenvalue weighted by molar-refractivity contribution is 5.95. The lowest BCUT2D eigenvalue weighted by atomic mass is 9.97. The van der Waals surface area contributed by atoms with Crippen molar-refractivity contribution in [1.29, 1.82) is 0 Å². The van der Waals surface area contributed by atoms with Crippen LogP contribution in [0.1, 0.15) is 40.6 Å². The van der Waals surface area contributed by atoms with Crippen LogP contribution < -0.4 is 5.32 Å². The first-order valence-corrected chi connectivity index (χ1v) is 7.10. The number of ether oxygens (including phenoxy) is 1. The predicted octanol–water partition coefficient (Wildman–Crippen LogP) is 1.97. The number of amides is 1. The smallest absolute Gasteiger partial charge is 0.255 e. The number of carbonyl (C=O) groups is 1. The monoisotopic (exact) mass is 289 g/mol. The zero-order valence-electron chi connectivity index (χ0n) is 12.2. The fourth-order valence-electron chi connectivity index (χ4n) is 2.71. The van der Waals surface area contributed by atoms with Crippen LogP contribution >= 0.6 is 0 Å². The highest BCUT2D eigenvalue weighted by Crippen LogP contribution is 2.28. The van der Waals surface area contributed by atoms with Gasteiger partial charge in [-0.05, 0) is 25.8 Å². The van der Waals surface area contributed by atoms with E-state index in [4.69, 9.17) is 9.15 Å². The molecule has 6 heteroatoms. The van der Waals surface area contributed by atoms with Gasteiger partial charge in [-0.15, -0.1) is 0 Å². The SMILES string of the molecule is Cc1occc1C(=O)N[C@H]1CCCO[C@@H]1c1cnn(C)c1. The number of hydrogen-bond acceptors (Lipinski definition) is 4. The summed E-state index contributed by atoms with van der Waals surface area (Å²) in [5, 5.41) is 7.24. The van der Waals surface area contributed by atoms with Gasteiger partial charge in [-0.3, -0.25) is 9.48 Å². The molecular weight excluding hydrogens is 270 g/mol. The Morgan fingerprint density at radius 1 is 1.52 bits per heavy atom. The molecule has 0 unspecified atom stereocenters. The summed E-state index contributed by atoms with van der Waals surface area (Å²) in [6.07, 6.45) is 6.92. The number of nitrogens with one attached hydrogen (secondary N) is 1. The maximum atomic E-state index is 12.3. The Kier molecular flexibility index (Phi) is 3.79. The van der Waals surface area contributed by atoms with E-state index in [1.807, 2.05) is 13.2 Å². The zero-order valence-corrected chi connectivity index (χ0v) is 12.2. The van der Waals surface area contributed by atoms with Gasteiger partial charge in [0.15, 0.2) is 0 Å². The first-order valence-electron chi connectivity index (χ1n) is 7.10. The molecule has 1 aliphatic rings. The number of rotatable bonds is 3. The van der Waals surface area contributed by atoms with E-state index in [0.29, 0.717) is 17.9 Å². The third kappa shape index (κ3) is 2.85. The van der Waals surface area contributed by atoms with Crippen molar-refractivity contribution in [1.82, 2.24) is 15.1 Å². The van der Waals surface area contributed by atoms with Gasteiger partial charge in [0.1, 0.15) is 11.9 Å². The lowest BCUT2D eigenvalue weighted by Gasteiger charge is -2.31. The van der Waals surface area contributed by atoms with Crippen molar-refractivity contribution in [3.05, 3.63) is 41.6 Å². The summed E-state index contributed by atoms with van der Waals surface area (Å²) >= 11 is 0. The van der Waals surface area contributed by atoms with Crippen LogP contribution in [-0.4, -0.2) is 28.3 Å². The average Bonchev–Trinajstić information content (AvgIpc) is 3.08. The summed E-state index contributed by atoms with van der Waals surface area (Å²) in [4.78, 5) is 12.3. The van der Waals surface area contributed by atoms with Gasteiger partial charge >= 0.3 is 0 Å². The van der Waals surface area contributed by atoms with E-state index in [2.05, 4.69) is 10.4 Å². The highest BCUT2D eigenvalue weighted by Gasteiger charge is 2.30. The topological polar surface area (TPSA) is 69.3 Å². The van der Waals surface area contributed by atoms with Crippen LogP contribution in [0.2, 0.25) is 0 Å². The van der Waals surface area contributed by atoms with E-state index < -0.39 is 0 Å². The van der Waals surface area contributed by atoms with Gasteiger partial charge in [-0.25, -0.2) is 0 Å². The molecule has 2 atom stereocenters. The fraction of sp³-hybridized carbons (Fsp3) is 0.467. The Labute approximate surface area is 123 Å². The van der Waals surface area contributed by atoms with E-state index >= 15 is 0 Å². The van der Waals surface area contributed by atoms with E-state index in [9.17, 15) is 4.79 Å². The molecule has 1 aliphatic heterocycles. The Hall–Kier alpha value is -2.08. The fourth-order valence-corrected chi connectivity index (χ4v) is 2.71. The van der Waals surface area contributed by atoms with Gasteiger partial charge in [0.05, 0.1) is 24.1 Å². The van der Waals surface area contributed by atoms with Crippen molar-refractivity contribution >= 4 is 5.91 Å². The maximum absolute atomic E-state index is 12.3. The largest absolute Gasteiger partial charge is 0.469 e. The molecule has 0 aromatic carbocycles. The second-order valence-corrected chi connectivity index (χ2v) is 5.35. The molecule has 1 N–H and O–H groups in total. The molecule has 3 heterocycles. The van der Waals surface area contributed by atoms with Crippen LogP contribution in [0.5, 0.6) is 0 Å². The summed E-state index contributed by atoms with van der Waals surface area (Å²) < 4.78 is 12.8. The molecule has 0 spiro atoms. The number of aromatic nitrogens is 2. The van der Waals surface area contributed by atoms with Crippen molar-refractivity contribution in [2.75, 3.05) is 6.61 Å². The van der Waals surface area contributed by atoms with Crippen LogP contribution in [0.25, 0.3) is 0 Å². The lowest BCUT2D eigenvalue weighted by Crippen LogP contribution is -2.42. The van der Waals surface area contributed by atoms with Gasteiger partial charge < -0.3 is 14.5 Å². The highest BCUT2D eigenvalue weighted by atomic mass is 16.5. The molecule has 112 valence electrons.